The monoisotopic (exact) mass is 204 g/mol. The van der Waals surface area contributed by atoms with E-state index in [1.807, 2.05) is 13.0 Å². The van der Waals surface area contributed by atoms with Gasteiger partial charge in [0.25, 0.3) is 0 Å². The SMILES string of the molecule is C=C/C=C(\C=C(/C)C(=C)C)CC(C)(C)C. The van der Waals surface area contributed by atoms with Gasteiger partial charge in [-0.25, -0.2) is 0 Å². The molecule has 0 atom stereocenters. The molecule has 0 amide bonds. The standard InChI is InChI=1S/C15H24/c1-8-9-14(11-15(5,6)7)10-13(4)12(2)3/h8-10H,1-2,11H2,3-7H3/b13-10+,14-9+. The molecule has 0 bridgehead atoms. The van der Waals surface area contributed by atoms with E-state index in [9.17, 15) is 0 Å². The Labute approximate surface area is 95.1 Å². The second kappa shape index (κ2) is 5.75. The van der Waals surface area contributed by atoms with Crippen molar-refractivity contribution < 1.29 is 0 Å². The first-order valence-electron chi connectivity index (χ1n) is 5.42. The summed E-state index contributed by atoms with van der Waals surface area (Å²) in [7, 11) is 0. The van der Waals surface area contributed by atoms with Crippen molar-refractivity contribution in [2.45, 2.75) is 41.0 Å². The molecule has 15 heavy (non-hydrogen) atoms. The quantitative estimate of drug-likeness (QED) is 0.562. The normalized spacial score (nSPS) is 13.9. The van der Waals surface area contributed by atoms with Crippen molar-refractivity contribution in [2.75, 3.05) is 0 Å². The molecule has 0 rings (SSSR count). The van der Waals surface area contributed by atoms with Gasteiger partial charge in [0.15, 0.2) is 0 Å². The molecule has 0 radical (unpaired) electrons. The molecule has 0 spiro atoms. The Kier molecular flexibility index (Phi) is 5.35. The third-order valence-electron chi connectivity index (χ3n) is 2.14. The predicted octanol–water partition coefficient (Wildman–Crippen LogP) is 5.06. The zero-order valence-electron chi connectivity index (χ0n) is 10.9. The van der Waals surface area contributed by atoms with Crippen molar-refractivity contribution >= 4 is 0 Å². The van der Waals surface area contributed by atoms with Crippen LogP contribution in [0.15, 0.2) is 48.1 Å². The van der Waals surface area contributed by atoms with Crippen LogP contribution in [0.3, 0.4) is 0 Å². The lowest BCUT2D eigenvalue weighted by Gasteiger charge is -2.19. The first-order chi connectivity index (χ1) is 6.76. The lowest BCUT2D eigenvalue weighted by molar-refractivity contribution is 0.413. The van der Waals surface area contributed by atoms with Crippen molar-refractivity contribution in [3.8, 4) is 0 Å². The Morgan fingerprint density at radius 1 is 1.20 bits per heavy atom. The van der Waals surface area contributed by atoms with Crippen LogP contribution in [0, 0.1) is 5.41 Å². The second-order valence-corrected chi connectivity index (χ2v) is 5.32. The summed E-state index contributed by atoms with van der Waals surface area (Å²) in [6.07, 6.45) is 7.19. The Balaban J connectivity index is 4.86. The van der Waals surface area contributed by atoms with Crippen molar-refractivity contribution in [3.05, 3.63) is 48.1 Å². The highest BCUT2D eigenvalue weighted by molar-refractivity contribution is 5.34. The zero-order chi connectivity index (χ0) is 12.1. The summed E-state index contributed by atoms with van der Waals surface area (Å²) >= 11 is 0. The lowest BCUT2D eigenvalue weighted by Crippen LogP contribution is -2.05. The molecule has 0 N–H and O–H groups in total. The molecule has 0 heteroatoms. The Morgan fingerprint density at radius 2 is 1.73 bits per heavy atom. The van der Waals surface area contributed by atoms with Gasteiger partial charge in [0.1, 0.15) is 0 Å². The van der Waals surface area contributed by atoms with Crippen LogP contribution in [0.1, 0.15) is 41.0 Å². The van der Waals surface area contributed by atoms with E-state index in [1.54, 1.807) is 0 Å². The van der Waals surface area contributed by atoms with Crippen LogP contribution in [0.25, 0.3) is 0 Å². The van der Waals surface area contributed by atoms with Gasteiger partial charge in [0.2, 0.25) is 0 Å². The van der Waals surface area contributed by atoms with Gasteiger partial charge in [-0.3, -0.25) is 0 Å². The third kappa shape index (κ3) is 6.96. The average Bonchev–Trinajstić information content (AvgIpc) is 2.00. The number of hydrogen-bond donors (Lipinski definition) is 0. The summed E-state index contributed by atoms with van der Waals surface area (Å²) in [5.41, 5.74) is 3.99. The van der Waals surface area contributed by atoms with Crippen LogP contribution < -0.4 is 0 Å². The van der Waals surface area contributed by atoms with Crippen molar-refractivity contribution in [3.63, 3.8) is 0 Å². The maximum Gasteiger partial charge on any atom is -0.0230 e. The summed E-state index contributed by atoms with van der Waals surface area (Å²) < 4.78 is 0. The predicted molar refractivity (Wildman–Crippen MR) is 70.9 cm³/mol. The minimum Gasteiger partial charge on any atom is -0.0991 e. The number of rotatable bonds is 4. The molecule has 0 saturated carbocycles. The van der Waals surface area contributed by atoms with Crippen LogP contribution in [0.4, 0.5) is 0 Å². The number of allylic oxidation sites excluding steroid dienone is 6. The fourth-order valence-corrected chi connectivity index (χ4v) is 1.32. The molecule has 0 saturated heterocycles. The molecule has 0 aromatic carbocycles. The van der Waals surface area contributed by atoms with Gasteiger partial charge >= 0.3 is 0 Å². The van der Waals surface area contributed by atoms with Crippen LogP contribution in [-0.2, 0) is 0 Å². The van der Waals surface area contributed by atoms with Crippen molar-refractivity contribution in [2.24, 2.45) is 5.41 Å². The molecule has 0 fully saturated rings. The van der Waals surface area contributed by atoms with Crippen LogP contribution in [0.2, 0.25) is 0 Å². The zero-order valence-corrected chi connectivity index (χ0v) is 10.9. The Morgan fingerprint density at radius 3 is 2.07 bits per heavy atom. The second-order valence-electron chi connectivity index (χ2n) is 5.32. The summed E-state index contributed by atoms with van der Waals surface area (Å²) in [4.78, 5) is 0. The first kappa shape index (κ1) is 14.0. The summed E-state index contributed by atoms with van der Waals surface area (Å²) in [6.45, 7) is 18.6. The van der Waals surface area contributed by atoms with E-state index < -0.39 is 0 Å². The smallest absolute Gasteiger partial charge is 0.0230 e. The Hall–Kier alpha value is -1.04. The maximum absolute atomic E-state index is 3.94. The fraction of sp³-hybridized carbons (Fsp3) is 0.467. The maximum atomic E-state index is 3.94. The van der Waals surface area contributed by atoms with Gasteiger partial charge in [-0.1, -0.05) is 57.7 Å². The molecule has 0 aliphatic heterocycles. The van der Waals surface area contributed by atoms with Crippen molar-refractivity contribution in [1.82, 2.24) is 0 Å². The van der Waals surface area contributed by atoms with Gasteiger partial charge in [0, 0.05) is 0 Å². The molecular weight excluding hydrogens is 180 g/mol. The van der Waals surface area contributed by atoms with Gasteiger partial charge in [-0.05, 0) is 36.8 Å². The largest absolute Gasteiger partial charge is 0.0991 e. The first-order valence-corrected chi connectivity index (χ1v) is 5.42. The van der Waals surface area contributed by atoms with E-state index in [2.05, 4.69) is 53.0 Å². The molecule has 0 aliphatic carbocycles. The molecule has 0 aromatic rings. The average molecular weight is 204 g/mol. The molecule has 84 valence electrons. The highest BCUT2D eigenvalue weighted by atomic mass is 14.2. The van der Waals surface area contributed by atoms with Gasteiger partial charge < -0.3 is 0 Å². The van der Waals surface area contributed by atoms with Gasteiger partial charge in [0.05, 0.1) is 0 Å². The Bertz CT molecular complexity index is 292. The lowest BCUT2D eigenvalue weighted by atomic mass is 9.87. The summed E-state index contributed by atoms with van der Waals surface area (Å²) in [5.74, 6) is 0. The van der Waals surface area contributed by atoms with Crippen LogP contribution in [0.5, 0.6) is 0 Å². The highest BCUT2D eigenvalue weighted by Crippen LogP contribution is 2.26. The van der Waals surface area contributed by atoms with Gasteiger partial charge in [-0.15, -0.1) is 0 Å². The van der Waals surface area contributed by atoms with Crippen LogP contribution in [-0.4, -0.2) is 0 Å². The molecule has 0 nitrogen and oxygen atoms in total. The van der Waals surface area contributed by atoms with E-state index >= 15 is 0 Å². The van der Waals surface area contributed by atoms with E-state index in [1.165, 1.54) is 11.1 Å². The van der Waals surface area contributed by atoms with E-state index in [4.69, 9.17) is 0 Å². The molecule has 0 unspecified atom stereocenters. The van der Waals surface area contributed by atoms with E-state index in [0.29, 0.717) is 5.41 Å². The third-order valence-corrected chi connectivity index (χ3v) is 2.14. The van der Waals surface area contributed by atoms with Crippen molar-refractivity contribution in [1.29, 1.82) is 0 Å². The minimum atomic E-state index is 0.306. The van der Waals surface area contributed by atoms with E-state index in [0.717, 1.165) is 12.0 Å². The highest BCUT2D eigenvalue weighted by Gasteiger charge is 2.11. The summed E-state index contributed by atoms with van der Waals surface area (Å²) in [5, 5.41) is 0. The molecule has 0 aliphatic rings. The number of hydrogen-bond acceptors (Lipinski definition) is 0. The minimum absolute atomic E-state index is 0.306. The topological polar surface area (TPSA) is 0 Å². The molecule has 0 heterocycles. The molecule has 0 aromatic heterocycles. The molecular formula is C15H24. The fourth-order valence-electron chi connectivity index (χ4n) is 1.32. The summed E-state index contributed by atoms with van der Waals surface area (Å²) in [6, 6.07) is 0. The van der Waals surface area contributed by atoms with Gasteiger partial charge in [-0.2, -0.15) is 0 Å². The van der Waals surface area contributed by atoms with E-state index in [-0.39, 0.29) is 0 Å². The van der Waals surface area contributed by atoms with Crippen LogP contribution >= 0.6 is 0 Å².